The zero-order chi connectivity index (χ0) is 15.0. The molecule has 4 N–H and O–H groups in total. The van der Waals surface area contributed by atoms with E-state index in [-0.39, 0.29) is 0 Å². The van der Waals surface area contributed by atoms with Gasteiger partial charge in [-0.25, -0.2) is 0 Å². The Balaban J connectivity index is 1.88. The first-order valence-electron chi connectivity index (χ1n) is 6.07. The zero-order valence-corrected chi connectivity index (χ0v) is 13.1. The van der Waals surface area contributed by atoms with Gasteiger partial charge in [0.15, 0.2) is 0 Å². The Hall–Kier alpha value is -0.930. The molecule has 3 heterocycles. The molecule has 9 heteroatoms. The van der Waals surface area contributed by atoms with E-state index in [1.165, 1.54) is 22.7 Å². The van der Waals surface area contributed by atoms with E-state index in [0.717, 1.165) is 19.5 Å². The fourth-order valence-corrected chi connectivity index (χ4v) is 4.80. The lowest BCUT2D eigenvalue weighted by Gasteiger charge is -1.93. The van der Waals surface area contributed by atoms with E-state index in [0.29, 0.717) is 9.55 Å². The molecule has 0 saturated heterocycles. The fourth-order valence-electron chi connectivity index (χ4n) is 1.85. The van der Waals surface area contributed by atoms with Gasteiger partial charge in [-0.15, -0.1) is 34.0 Å². The van der Waals surface area contributed by atoms with E-state index in [2.05, 4.69) is 0 Å². The zero-order valence-electron chi connectivity index (χ0n) is 10.6. The third kappa shape index (κ3) is 3.14. The van der Waals surface area contributed by atoms with Gasteiger partial charge in [0.1, 0.15) is 0 Å². The Kier molecular flexibility index (Phi) is 4.32. The van der Waals surface area contributed by atoms with Crippen LogP contribution in [0.1, 0.15) is 0 Å². The average molecular weight is 336 g/mol. The Labute approximate surface area is 133 Å². The maximum absolute atomic E-state index is 9.15. The van der Waals surface area contributed by atoms with Crippen molar-refractivity contribution < 1.29 is 20.1 Å². The van der Waals surface area contributed by atoms with Gasteiger partial charge in [-0.2, -0.15) is 0 Å². The van der Waals surface area contributed by atoms with Crippen molar-refractivity contribution in [2.24, 2.45) is 0 Å². The summed E-state index contributed by atoms with van der Waals surface area (Å²) in [7, 11) is -2.87. The average Bonchev–Trinajstić information content (AvgIpc) is 3.18. The van der Waals surface area contributed by atoms with Crippen LogP contribution in [0.4, 0.5) is 0 Å². The van der Waals surface area contributed by atoms with E-state index in [9.17, 15) is 0 Å². The Morgan fingerprint density at radius 3 is 1.19 bits per heavy atom. The summed E-state index contributed by atoms with van der Waals surface area (Å²) in [6.07, 6.45) is 0. The molecule has 0 amide bonds. The molecule has 0 spiro atoms. The normalized spacial score (nSPS) is 10.9. The van der Waals surface area contributed by atoms with Crippen LogP contribution < -0.4 is 9.55 Å². The van der Waals surface area contributed by atoms with Crippen molar-refractivity contribution in [2.45, 2.75) is 0 Å². The predicted molar refractivity (Wildman–Crippen MR) is 90.6 cm³/mol. The van der Waals surface area contributed by atoms with Crippen LogP contribution in [0.2, 0.25) is 0 Å². The molecule has 0 aliphatic carbocycles. The molecule has 0 radical (unpaired) electrons. The van der Waals surface area contributed by atoms with Gasteiger partial charge in [-0.1, -0.05) is 12.1 Å². The van der Waals surface area contributed by atoms with Crippen molar-refractivity contribution in [3.8, 4) is 19.5 Å². The van der Waals surface area contributed by atoms with E-state index in [4.69, 9.17) is 20.1 Å². The molecule has 0 aromatic carbocycles. The molecule has 3 aromatic heterocycles. The smallest absolute Gasteiger partial charge is 0.423 e. The largest absolute Gasteiger partial charge is 0.499 e. The van der Waals surface area contributed by atoms with Crippen LogP contribution in [0.15, 0.2) is 36.4 Å². The highest BCUT2D eigenvalue weighted by atomic mass is 32.1. The molecule has 3 rings (SSSR count). The van der Waals surface area contributed by atoms with Crippen LogP contribution in [-0.2, 0) is 0 Å². The van der Waals surface area contributed by atoms with Crippen molar-refractivity contribution in [2.75, 3.05) is 0 Å². The van der Waals surface area contributed by atoms with E-state index in [1.54, 1.807) is 23.5 Å². The van der Waals surface area contributed by atoms with E-state index >= 15 is 0 Å². The number of hydrogen-bond acceptors (Lipinski definition) is 7. The monoisotopic (exact) mass is 336 g/mol. The lowest BCUT2D eigenvalue weighted by Crippen LogP contribution is -2.26. The van der Waals surface area contributed by atoms with Crippen molar-refractivity contribution in [3.05, 3.63) is 36.4 Å². The van der Waals surface area contributed by atoms with Gasteiger partial charge in [0.25, 0.3) is 0 Å². The molecule has 0 fully saturated rings. The third-order valence-corrected chi connectivity index (χ3v) is 6.58. The first-order valence-corrected chi connectivity index (χ1v) is 8.52. The molecule has 0 aliphatic rings. The molecule has 0 bridgehead atoms. The summed E-state index contributed by atoms with van der Waals surface area (Å²) in [5.74, 6) is 0. The summed E-state index contributed by atoms with van der Waals surface area (Å²) in [5, 5.41) is 36.6. The van der Waals surface area contributed by atoms with Crippen LogP contribution in [0.5, 0.6) is 0 Å². The van der Waals surface area contributed by atoms with Crippen molar-refractivity contribution in [1.29, 1.82) is 0 Å². The first kappa shape index (κ1) is 15.0. The number of thiophene rings is 3. The van der Waals surface area contributed by atoms with Crippen molar-refractivity contribution >= 4 is 57.8 Å². The highest BCUT2D eigenvalue weighted by Gasteiger charge is 2.17. The highest BCUT2D eigenvalue weighted by Crippen LogP contribution is 2.37. The minimum atomic E-state index is -1.44. The van der Waals surface area contributed by atoms with Gasteiger partial charge in [0, 0.05) is 29.1 Å². The van der Waals surface area contributed by atoms with Crippen LogP contribution in [0.25, 0.3) is 19.5 Å². The van der Waals surface area contributed by atoms with Crippen molar-refractivity contribution in [1.82, 2.24) is 0 Å². The number of rotatable bonds is 4. The van der Waals surface area contributed by atoms with Gasteiger partial charge in [0.05, 0.1) is 0 Å². The maximum Gasteiger partial charge on any atom is 0.499 e. The standard InChI is InChI=1S/C12H10B2O4S3/c15-13(16)11-5-3-9(20-11)7-1-2-8(19-7)10-4-6-12(21-10)14(17)18/h1-6,15-18H. The Bertz CT molecular complexity index is 686. The van der Waals surface area contributed by atoms with E-state index in [1.807, 2.05) is 24.3 Å². The highest BCUT2D eigenvalue weighted by molar-refractivity contribution is 7.31. The van der Waals surface area contributed by atoms with Gasteiger partial charge in [-0.05, 0) is 24.3 Å². The maximum atomic E-state index is 9.15. The summed E-state index contributed by atoms with van der Waals surface area (Å²) in [5.41, 5.74) is 0. The first-order chi connectivity index (χ1) is 10.0. The summed E-state index contributed by atoms with van der Waals surface area (Å²) in [6, 6.07) is 11.1. The predicted octanol–water partition coefficient (Wildman–Crippen LogP) is 0.565. The van der Waals surface area contributed by atoms with Crippen molar-refractivity contribution in [3.63, 3.8) is 0 Å². The summed E-state index contributed by atoms with van der Waals surface area (Å²) in [6.45, 7) is 0. The lowest BCUT2D eigenvalue weighted by atomic mass is 9.90. The number of hydrogen-bond donors (Lipinski definition) is 4. The topological polar surface area (TPSA) is 80.9 Å². The Morgan fingerprint density at radius 1 is 0.524 bits per heavy atom. The Morgan fingerprint density at radius 2 is 0.857 bits per heavy atom. The minimum Gasteiger partial charge on any atom is -0.423 e. The molecule has 0 atom stereocenters. The second-order valence-electron chi connectivity index (χ2n) is 4.32. The molecule has 0 aliphatic heterocycles. The van der Waals surface area contributed by atoms with Crippen LogP contribution in [0.3, 0.4) is 0 Å². The molecule has 3 aromatic rings. The fraction of sp³-hybridized carbons (Fsp3) is 0. The molecule has 0 unspecified atom stereocenters. The molecule has 0 saturated carbocycles. The quantitative estimate of drug-likeness (QED) is 0.525. The van der Waals surface area contributed by atoms with Gasteiger partial charge < -0.3 is 20.1 Å². The van der Waals surface area contributed by atoms with E-state index < -0.39 is 14.2 Å². The second kappa shape index (κ2) is 6.05. The minimum absolute atomic E-state index is 0.516. The van der Waals surface area contributed by atoms with Crippen LogP contribution in [0, 0.1) is 0 Å². The summed E-state index contributed by atoms with van der Waals surface area (Å²) >= 11 is 4.28. The summed E-state index contributed by atoms with van der Waals surface area (Å²) in [4.78, 5) is 4.05. The molecular weight excluding hydrogens is 326 g/mol. The van der Waals surface area contributed by atoms with Gasteiger partial charge >= 0.3 is 14.2 Å². The molecule has 4 nitrogen and oxygen atoms in total. The second-order valence-corrected chi connectivity index (χ2v) is 7.63. The van der Waals surface area contributed by atoms with Crippen LogP contribution in [-0.4, -0.2) is 34.3 Å². The van der Waals surface area contributed by atoms with Crippen LogP contribution >= 0.6 is 34.0 Å². The molecular formula is C12H10B2O4S3. The third-order valence-electron chi connectivity index (χ3n) is 2.85. The van der Waals surface area contributed by atoms with Gasteiger partial charge in [-0.3, -0.25) is 0 Å². The lowest BCUT2D eigenvalue weighted by molar-refractivity contribution is 0.425. The van der Waals surface area contributed by atoms with Gasteiger partial charge in [0.2, 0.25) is 0 Å². The molecule has 21 heavy (non-hydrogen) atoms. The molecule has 106 valence electrons. The SMILES string of the molecule is OB(O)c1ccc(-c2ccc(-c3ccc(B(O)O)s3)s2)s1. The summed E-state index contributed by atoms with van der Waals surface area (Å²) < 4.78 is 1.03.